The zero-order valence-corrected chi connectivity index (χ0v) is 12.2. The van der Waals surface area contributed by atoms with Crippen LogP contribution in [0.3, 0.4) is 0 Å². The Morgan fingerprint density at radius 3 is 2.91 bits per heavy atom. The molecule has 1 fully saturated rings. The van der Waals surface area contributed by atoms with Gasteiger partial charge in [-0.3, -0.25) is 9.72 Å². The van der Waals surface area contributed by atoms with Crippen LogP contribution in [-0.4, -0.2) is 61.9 Å². The van der Waals surface area contributed by atoms with E-state index in [-0.39, 0.29) is 5.95 Å². The standard InChI is InChI=1S/C13H19N7O2/c21-13(22)16-12-18-17-11-10(15-5-9-20(11)12)14-4-3-8-19-6-1-2-7-19/h5,9H,1-4,6-8H2,(H,14,15)(H,16,18)(H,21,22). The van der Waals surface area contributed by atoms with Crippen molar-refractivity contribution in [3.05, 3.63) is 12.4 Å². The highest BCUT2D eigenvalue weighted by Crippen LogP contribution is 2.15. The van der Waals surface area contributed by atoms with Gasteiger partial charge >= 0.3 is 6.09 Å². The molecule has 0 aliphatic carbocycles. The molecule has 0 bridgehead atoms. The molecule has 22 heavy (non-hydrogen) atoms. The van der Waals surface area contributed by atoms with Crippen molar-refractivity contribution in [3.8, 4) is 0 Å². The molecule has 0 atom stereocenters. The first-order valence-electron chi connectivity index (χ1n) is 7.40. The maximum atomic E-state index is 10.7. The smallest absolute Gasteiger partial charge is 0.411 e. The second-order valence-corrected chi connectivity index (χ2v) is 5.25. The van der Waals surface area contributed by atoms with Crippen LogP contribution in [0.25, 0.3) is 5.65 Å². The average Bonchev–Trinajstić information content (AvgIpc) is 3.14. The third-order valence-electron chi connectivity index (χ3n) is 3.69. The van der Waals surface area contributed by atoms with Crippen LogP contribution in [0.2, 0.25) is 0 Å². The van der Waals surface area contributed by atoms with Crippen LogP contribution >= 0.6 is 0 Å². The largest absolute Gasteiger partial charge is 0.465 e. The van der Waals surface area contributed by atoms with E-state index in [0.717, 1.165) is 19.5 Å². The number of hydrogen-bond acceptors (Lipinski definition) is 6. The lowest BCUT2D eigenvalue weighted by atomic mass is 10.4. The normalized spacial score (nSPS) is 15.3. The maximum absolute atomic E-state index is 10.7. The van der Waals surface area contributed by atoms with Crippen LogP contribution in [0.1, 0.15) is 19.3 Å². The van der Waals surface area contributed by atoms with Crippen LogP contribution in [0, 0.1) is 0 Å². The number of aromatic nitrogens is 4. The van der Waals surface area contributed by atoms with E-state index in [4.69, 9.17) is 5.11 Å². The Morgan fingerprint density at radius 1 is 1.32 bits per heavy atom. The average molecular weight is 305 g/mol. The molecule has 1 aliphatic heterocycles. The molecule has 2 aromatic heterocycles. The highest BCUT2D eigenvalue weighted by Gasteiger charge is 2.13. The molecule has 9 heteroatoms. The van der Waals surface area contributed by atoms with Gasteiger partial charge in [-0.25, -0.2) is 9.78 Å². The predicted molar refractivity (Wildman–Crippen MR) is 81.2 cm³/mol. The summed E-state index contributed by atoms with van der Waals surface area (Å²) in [6, 6.07) is 0. The SMILES string of the molecule is O=C(O)Nc1nnc2c(NCCCN3CCCC3)nccn12. The molecule has 0 spiro atoms. The van der Waals surface area contributed by atoms with Gasteiger partial charge in [0.15, 0.2) is 5.82 Å². The predicted octanol–water partition coefficient (Wildman–Crippen LogP) is 1.11. The summed E-state index contributed by atoms with van der Waals surface area (Å²) in [6.45, 7) is 4.26. The number of fused-ring (bicyclic) bond motifs is 1. The van der Waals surface area contributed by atoms with Crippen molar-refractivity contribution in [1.29, 1.82) is 0 Å². The summed E-state index contributed by atoms with van der Waals surface area (Å²) in [5.74, 6) is 0.764. The lowest BCUT2D eigenvalue weighted by Crippen LogP contribution is -2.22. The number of amides is 1. The Bertz CT molecular complexity index is 651. The van der Waals surface area contributed by atoms with Crippen molar-refractivity contribution < 1.29 is 9.90 Å². The first-order valence-corrected chi connectivity index (χ1v) is 7.40. The molecule has 3 rings (SSSR count). The van der Waals surface area contributed by atoms with Crippen molar-refractivity contribution in [2.75, 3.05) is 36.8 Å². The number of likely N-dealkylation sites (tertiary alicyclic amines) is 1. The van der Waals surface area contributed by atoms with Gasteiger partial charge < -0.3 is 15.3 Å². The van der Waals surface area contributed by atoms with Crippen LogP contribution in [0.15, 0.2) is 12.4 Å². The number of anilines is 2. The molecule has 0 aromatic carbocycles. The Morgan fingerprint density at radius 2 is 2.14 bits per heavy atom. The molecule has 1 aliphatic rings. The fraction of sp³-hybridized carbons (Fsp3) is 0.538. The minimum Gasteiger partial charge on any atom is -0.465 e. The number of rotatable bonds is 6. The Hall–Kier alpha value is -2.42. The number of carboxylic acid groups (broad SMARTS) is 1. The van der Waals surface area contributed by atoms with Gasteiger partial charge in [0.25, 0.3) is 0 Å². The molecule has 1 amide bonds. The molecule has 3 heterocycles. The quantitative estimate of drug-likeness (QED) is 0.686. The number of nitrogens with zero attached hydrogens (tertiary/aromatic N) is 5. The zero-order chi connectivity index (χ0) is 15.4. The van der Waals surface area contributed by atoms with E-state index in [0.29, 0.717) is 11.5 Å². The fourth-order valence-electron chi connectivity index (χ4n) is 2.65. The zero-order valence-electron chi connectivity index (χ0n) is 12.2. The molecule has 0 saturated carbocycles. The summed E-state index contributed by atoms with van der Waals surface area (Å²) in [7, 11) is 0. The Labute approximate surface area is 127 Å². The van der Waals surface area contributed by atoms with Crippen molar-refractivity contribution in [3.63, 3.8) is 0 Å². The molecule has 118 valence electrons. The van der Waals surface area contributed by atoms with Crippen LogP contribution in [0.5, 0.6) is 0 Å². The number of carbonyl (C=O) groups is 1. The van der Waals surface area contributed by atoms with Gasteiger partial charge in [-0.05, 0) is 38.9 Å². The molecular formula is C13H19N7O2. The lowest BCUT2D eigenvalue weighted by Gasteiger charge is -2.14. The van der Waals surface area contributed by atoms with Crippen molar-refractivity contribution >= 4 is 23.5 Å². The molecule has 3 N–H and O–H groups in total. The van der Waals surface area contributed by atoms with Crippen LogP contribution in [0.4, 0.5) is 16.6 Å². The fourth-order valence-corrected chi connectivity index (χ4v) is 2.65. The number of hydrogen-bond donors (Lipinski definition) is 3. The lowest BCUT2D eigenvalue weighted by molar-refractivity contribution is 0.209. The molecular weight excluding hydrogens is 286 g/mol. The molecule has 2 aromatic rings. The summed E-state index contributed by atoms with van der Waals surface area (Å²) in [4.78, 5) is 17.4. The van der Waals surface area contributed by atoms with E-state index in [2.05, 4.69) is 30.7 Å². The van der Waals surface area contributed by atoms with Gasteiger partial charge in [0.2, 0.25) is 11.6 Å². The first-order chi connectivity index (χ1) is 10.7. The highest BCUT2D eigenvalue weighted by molar-refractivity contribution is 5.81. The minimum absolute atomic E-state index is 0.157. The second kappa shape index (κ2) is 6.56. The Balaban J connectivity index is 1.61. The van der Waals surface area contributed by atoms with Gasteiger partial charge in [0.1, 0.15) is 0 Å². The van der Waals surface area contributed by atoms with Gasteiger partial charge in [0, 0.05) is 18.9 Å². The van der Waals surface area contributed by atoms with Crippen molar-refractivity contribution in [2.45, 2.75) is 19.3 Å². The van der Waals surface area contributed by atoms with Crippen molar-refractivity contribution in [1.82, 2.24) is 24.5 Å². The van der Waals surface area contributed by atoms with E-state index in [1.807, 2.05) is 0 Å². The van der Waals surface area contributed by atoms with E-state index < -0.39 is 6.09 Å². The molecule has 9 nitrogen and oxygen atoms in total. The van der Waals surface area contributed by atoms with Crippen LogP contribution < -0.4 is 10.6 Å². The van der Waals surface area contributed by atoms with Crippen molar-refractivity contribution in [2.24, 2.45) is 0 Å². The summed E-state index contributed by atoms with van der Waals surface area (Å²) >= 11 is 0. The maximum Gasteiger partial charge on any atom is 0.411 e. The monoisotopic (exact) mass is 305 g/mol. The van der Waals surface area contributed by atoms with Gasteiger partial charge in [0.05, 0.1) is 0 Å². The summed E-state index contributed by atoms with van der Waals surface area (Å²) in [5.41, 5.74) is 0.507. The minimum atomic E-state index is -1.17. The molecule has 0 radical (unpaired) electrons. The van der Waals surface area contributed by atoms with E-state index in [9.17, 15) is 4.79 Å². The first kappa shape index (κ1) is 14.5. The topological polar surface area (TPSA) is 108 Å². The Kier molecular flexibility index (Phi) is 4.33. The third kappa shape index (κ3) is 3.25. The second-order valence-electron chi connectivity index (χ2n) is 5.25. The summed E-state index contributed by atoms with van der Waals surface area (Å²) in [6.07, 6.45) is 5.66. The van der Waals surface area contributed by atoms with E-state index >= 15 is 0 Å². The number of nitrogens with one attached hydrogen (secondary N) is 2. The van der Waals surface area contributed by atoms with Gasteiger partial charge in [-0.1, -0.05) is 0 Å². The van der Waals surface area contributed by atoms with Crippen LogP contribution in [-0.2, 0) is 0 Å². The molecule has 1 saturated heterocycles. The van der Waals surface area contributed by atoms with Gasteiger partial charge in [-0.15, -0.1) is 10.2 Å². The molecule has 0 unspecified atom stereocenters. The van der Waals surface area contributed by atoms with Gasteiger partial charge in [-0.2, -0.15) is 0 Å². The summed E-state index contributed by atoms with van der Waals surface area (Å²) in [5, 5.41) is 22.0. The highest BCUT2D eigenvalue weighted by atomic mass is 16.4. The van der Waals surface area contributed by atoms with E-state index in [1.54, 1.807) is 16.8 Å². The van der Waals surface area contributed by atoms with E-state index in [1.165, 1.54) is 25.9 Å². The summed E-state index contributed by atoms with van der Waals surface area (Å²) < 4.78 is 1.56. The third-order valence-corrected chi connectivity index (χ3v) is 3.69.